The molecule has 1 N–H and O–H groups in total. The highest BCUT2D eigenvalue weighted by molar-refractivity contribution is 7.91. The Balaban J connectivity index is 2.13. The fourth-order valence-electron chi connectivity index (χ4n) is 2.65. The van der Waals surface area contributed by atoms with Crippen molar-refractivity contribution < 1.29 is 13.2 Å². The number of nitrogens with zero attached hydrogens (tertiary/aromatic N) is 2. The molecule has 0 bridgehead atoms. The van der Waals surface area contributed by atoms with Gasteiger partial charge in [-0.25, -0.2) is 8.42 Å². The Kier molecular flexibility index (Phi) is 4.15. The second-order valence-corrected chi connectivity index (χ2v) is 8.76. The monoisotopic (exact) mass is 313 g/mol. The van der Waals surface area contributed by atoms with E-state index in [1.54, 1.807) is 13.1 Å². The minimum Gasteiger partial charge on any atom is -0.346 e. The molecule has 0 aliphatic carbocycles. The number of nitrogens with one attached hydrogen (secondary N) is 1. The average molecular weight is 313 g/mol. The van der Waals surface area contributed by atoms with Crippen LogP contribution in [0.1, 0.15) is 43.2 Å². The maximum Gasteiger partial charge on any atom is 0.255 e. The summed E-state index contributed by atoms with van der Waals surface area (Å²) in [6.45, 7) is 8.57. The summed E-state index contributed by atoms with van der Waals surface area (Å²) in [5.74, 6) is 0.333. The number of amides is 1. The van der Waals surface area contributed by atoms with E-state index in [4.69, 9.17) is 0 Å². The van der Waals surface area contributed by atoms with Crippen LogP contribution in [0.25, 0.3) is 0 Å². The van der Waals surface area contributed by atoms with Gasteiger partial charge in [0, 0.05) is 12.2 Å². The lowest BCUT2D eigenvalue weighted by atomic mass is 10.0. The summed E-state index contributed by atoms with van der Waals surface area (Å²) in [5.41, 5.74) is 0.648. The molecule has 2 heterocycles. The quantitative estimate of drug-likeness (QED) is 0.904. The summed E-state index contributed by atoms with van der Waals surface area (Å²) in [6, 6.07) is 0. The van der Waals surface area contributed by atoms with Crippen molar-refractivity contribution >= 4 is 15.7 Å². The zero-order chi connectivity index (χ0) is 15.8. The Morgan fingerprint density at radius 2 is 2.19 bits per heavy atom. The Labute approximate surface area is 125 Å². The maximum absolute atomic E-state index is 12.4. The molecule has 1 aliphatic rings. The van der Waals surface area contributed by atoms with Gasteiger partial charge >= 0.3 is 0 Å². The van der Waals surface area contributed by atoms with Crippen LogP contribution in [0.2, 0.25) is 0 Å². The van der Waals surface area contributed by atoms with Crippen molar-refractivity contribution in [2.45, 2.75) is 46.2 Å². The number of rotatable bonds is 4. The van der Waals surface area contributed by atoms with Gasteiger partial charge < -0.3 is 5.32 Å². The SMILES string of the molecule is Cc1c(C(=O)NC2(C)CCS(=O)(=O)C2)cnn1CC(C)C. The molecule has 1 unspecified atom stereocenters. The first-order chi connectivity index (χ1) is 9.62. The Morgan fingerprint density at radius 3 is 2.71 bits per heavy atom. The summed E-state index contributed by atoms with van der Waals surface area (Å²) in [6.07, 6.45) is 2.01. The molecule has 118 valence electrons. The number of hydrogen-bond acceptors (Lipinski definition) is 4. The smallest absolute Gasteiger partial charge is 0.255 e. The summed E-state index contributed by atoms with van der Waals surface area (Å²) in [5, 5.41) is 7.10. The van der Waals surface area contributed by atoms with Crippen molar-refractivity contribution in [3.05, 3.63) is 17.5 Å². The van der Waals surface area contributed by atoms with Crippen LogP contribution in [0.15, 0.2) is 6.20 Å². The molecule has 1 saturated heterocycles. The van der Waals surface area contributed by atoms with Gasteiger partial charge in [-0.15, -0.1) is 0 Å². The fraction of sp³-hybridized carbons (Fsp3) is 0.714. The minimum absolute atomic E-state index is 0.00488. The van der Waals surface area contributed by atoms with Gasteiger partial charge in [-0.05, 0) is 26.2 Å². The largest absolute Gasteiger partial charge is 0.346 e. The summed E-state index contributed by atoms with van der Waals surface area (Å²) < 4.78 is 25.0. The van der Waals surface area contributed by atoms with Crippen LogP contribution in [0.4, 0.5) is 0 Å². The number of carbonyl (C=O) groups is 1. The van der Waals surface area contributed by atoms with Crippen LogP contribution < -0.4 is 5.32 Å². The molecule has 6 nitrogen and oxygen atoms in total. The lowest BCUT2D eigenvalue weighted by Crippen LogP contribution is -2.47. The molecule has 0 saturated carbocycles. The van der Waals surface area contributed by atoms with E-state index in [0.717, 1.165) is 12.2 Å². The first-order valence-corrected chi connectivity index (χ1v) is 8.99. The standard InChI is InChI=1S/C14H23N3O3S/c1-10(2)8-17-11(3)12(7-15-17)13(18)16-14(4)5-6-21(19,20)9-14/h7,10H,5-6,8-9H2,1-4H3,(H,16,18). The van der Waals surface area contributed by atoms with Crippen molar-refractivity contribution in [2.24, 2.45) is 5.92 Å². The van der Waals surface area contributed by atoms with Crippen LogP contribution in [-0.4, -0.2) is 41.2 Å². The second kappa shape index (κ2) is 5.44. The molecule has 0 radical (unpaired) electrons. The van der Waals surface area contributed by atoms with Gasteiger partial charge in [0.15, 0.2) is 9.84 Å². The summed E-state index contributed by atoms with van der Waals surface area (Å²) in [7, 11) is -3.04. The number of carbonyl (C=O) groups excluding carboxylic acids is 1. The van der Waals surface area contributed by atoms with E-state index in [0.29, 0.717) is 17.9 Å². The van der Waals surface area contributed by atoms with Crippen molar-refractivity contribution in [1.29, 1.82) is 0 Å². The average Bonchev–Trinajstić information content (AvgIpc) is 2.80. The Bertz CT molecular complexity index is 648. The van der Waals surface area contributed by atoms with Crippen LogP contribution in [-0.2, 0) is 16.4 Å². The number of aromatic nitrogens is 2. The fourth-order valence-corrected chi connectivity index (χ4v) is 4.74. The highest BCUT2D eigenvalue weighted by Gasteiger charge is 2.39. The molecular formula is C14H23N3O3S. The second-order valence-electron chi connectivity index (χ2n) is 6.58. The number of sulfone groups is 1. The topological polar surface area (TPSA) is 81.1 Å². The first kappa shape index (κ1) is 16.0. The van der Waals surface area contributed by atoms with Gasteiger partial charge in [-0.3, -0.25) is 9.48 Å². The molecular weight excluding hydrogens is 290 g/mol. The van der Waals surface area contributed by atoms with Gasteiger partial charge in [0.1, 0.15) is 0 Å². The van der Waals surface area contributed by atoms with E-state index in [2.05, 4.69) is 24.3 Å². The van der Waals surface area contributed by atoms with E-state index >= 15 is 0 Å². The normalized spacial score (nSPS) is 24.4. The number of hydrogen-bond donors (Lipinski definition) is 1. The third-order valence-corrected chi connectivity index (χ3v) is 5.71. The van der Waals surface area contributed by atoms with Crippen molar-refractivity contribution in [3.8, 4) is 0 Å². The van der Waals surface area contributed by atoms with Gasteiger partial charge in [-0.2, -0.15) is 5.10 Å². The van der Waals surface area contributed by atoms with Gasteiger partial charge in [-0.1, -0.05) is 13.8 Å². The lowest BCUT2D eigenvalue weighted by molar-refractivity contribution is 0.0914. The molecule has 0 aromatic carbocycles. The zero-order valence-corrected chi connectivity index (χ0v) is 13.8. The Morgan fingerprint density at radius 1 is 1.52 bits per heavy atom. The highest BCUT2D eigenvalue weighted by Crippen LogP contribution is 2.23. The first-order valence-electron chi connectivity index (χ1n) is 7.17. The molecule has 1 aromatic rings. The Hall–Kier alpha value is -1.37. The van der Waals surface area contributed by atoms with Crippen molar-refractivity contribution in [3.63, 3.8) is 0 Å². The third kappa shape index (κ3) is 3.64. The molecule has 1 amide bonds. The summed E-state index contributed by atoms with van der Waals surface area (Å²) in [4.78, 5) is 12.4. The maximum atomic E-state index is 12.4. The highest BCUT2D eigenvalue weighted by atomic mass is 32.2. The molecule has 1 aromatic heterocycles. The molecule has 1 atom stereocenters. The molecule has 1 fully saturated rings. The molecule has 2 rings (SSSR count). The van der Waals surface area contributed by atoms with Crippen molar-refractivity contribution in [2.75, 3.05) is 11.5 Å². The zero-order valence-electron chi connectivity index (χ0n) is 13.0. The molecule has 7 heteroatoms. The lowest BCUT2D eigenvalue weighted by Gasteiger charge is -2.23. The van der Waals surface area contributed by atoms with Crippen LogP contribution in [0.3, 0.4) is 0 Å². The molecule has 0 spiro atoms. The molecule has 21 heavy (non-hydrogen) atoms. The van der Waals surface area contributed by atoms with Gasteiger partial charge in [0.05, 0.1) is 28.8 Å². The van der Waals surface area contributed by atoms with E-state index in [9.17, 15) is 13.2 Å². The van der Waals surface area contributed by atoms with E-state index in [1.165, 1.54) is 0 Å². The summed E-state index contributed by atoms with van der Waals surface area (Å²) >= 11 is 0. The predicted octanol–water partition coefficient (Wildman–Crippen LogP) is 1.15. The third-order valence-electron chi connectivity index (χ3n) is 3.80. The van der Waals surface area contributed by atoms with Gasteiger partial charge in [0.25, 0.3) is 5.91 Å². The van der Waals surface area contributed by atoms with Gasteiger partial charge in [0.2, 0.25) is 0 Å². The van der Waals surface area contributed by atoms with Crippen LogP contribution >= 0.6 is 0 Å². The predicted molar refractivity (Wildman–Crippen MR) is 80.9 cm³/mol. The van der Waals surface area contributed by atoms with Crippen LogP contribution in [0, 0.1) is 12.8 Å². The minimum atomic E-state index is -3.04. The molecule has 1 aliphatic heterocycles. The van der Waals surface area contributed by atoms with E-state index < -0.39 is 15.4 Å². The van der Waals surface area contributed by atoms with E-state index in [1.807, 2.05) is 11.6 Å². The van der Waals surface area contributed by atoms with Crippen molar-refractivity contribution in [1.82, 2.24) is 15.1 Å². The van der Waals surface area contributed by atoms with E-state index in [-0.39, 0.29) is 17.4 Å². The van der Waals surface area contributed by atoms with Crippen LogP contribution in [0.5, 0.6) is 0 Å².